The summed E-state index contributed by atoms with van der Waals surface area (Å²) in [7, 11) is 0. The zero-order valence-electron chi connectivity index (χ0n) is 13.6. The fraction of sp³-hybridized carbons (Fsp3) is 0.706. The summed E-state index contributed by atoms with van der Waals surface area (Å²) in [5.74, 6) is 0. The van der Waals surface area contributed by atoms with Gasteiger partial charge in [-0.3, -0.25) is 9.88 Å². The van der Waals surface area contributed by atoms with Gasteiger partial charge in [0.25, 0.3) is 0 Å². The maximum absolute atomic E-state index is 4.49. The molecule has 1 aromatic rings. The van der Waals surface area contributed by atoms with Crippen molar-refractivity contribution in [3.05, 3.63) is 23.5 Å². The van der Waals surface area contributed by atoms with Gasteiger partial charge >= 0.3 is 0 Å². The van der Waals surface area contributed by atoms with Crippen molar-refractivity contribution in [2.75, 3.05) is 31.1 Å². The lowest BCUT2D eigenvalue weighted by atomic mass is 10.1. The van der Waals surface area contributed by atoms with Gasteiger partial charge in [0.1, 0.15) is 0 Å². The van der Waals surface area contributed by atoms with E-state index < -0.39 is 0 Å². The van der Waals surface area contributed by atoms with Crippen LogP contribution >= 0.6 is 0 Å². The highest BCUT2D eigenvalue weighted by Gasteiger charge is 2.31. The third-order valence-corrected chi connectivity index (χ3v) is 4.52. The number of aryl methyl sites for hydroxylation is 1. The summed E-state index contributed by atoms with van der Waals surface area (Å²) >= 11 is 0. The van der Waals surface area contributed by atoms with Gasteiger partial charge in [0.15, 0.2) is 0 Å². The molecule has 2 heterocycles. The van der Waals surface area contributed by atoms with Crippen LogP contribution in [0.4, 0.5) is 5.69 Å². The molecule has 0 amide bonds. The van der Waals surface area contributed by atoms with Crippen LogP contribution in [0, 0.1) is 6.92 Å². The average molecular weight is 288 g/mol. The Hall–Kier alpha value is -1.13. The van der Waals surface area contributed by atoms with Gasteiger partial charge in [-0.25, -0.2) is 0 Å². The zero-order valence-corrected chi connectivity index (χ0v) is 13.6. The topological polar surface area (TPSA) is 31.4 Å². The number of aromatic nitrogens is 1. The predicted molar refractivity (Wildman–Crippen MR) is 87.8 cm³/mol. The molecule has 0 unspecified atom stereocenters. The van der Waals surface area contributed by atoms with Gasteiger partial charge in [-0.05, 0) is 25.8 Å². The quantitative estimate of drug-likeness (QED) is 0.900. The number of hydrogen-bond donors (Lipinski definition) is 1. The van der Waals surface area contributed by atoms with E-state index in [1.54, 1.807) is 0 Å². The highest BCUT2D eigenvalue weighted by molar-refractivity contribution is 5.54. The van der Waals surface area contributed by atoms with E-state index in [-0.39, 0.29) is 0 Å². The number of anilines is 1. The Balaban J connectivity index is 1.69. The van der Waals surface area contributed by atoms with E-state index >= 15 is 0 Å². The fourth-order valence-corrected chi connectivity index (χ4v) is 3.09. The van der Waals surface area contributed by atoms with Gasteiger partial charge < -0.3 is 10.2 Å². The monoisotopic (exact) mass is 288 g/mol. The predicted octanol–water partition coefficient (Wildman–Crippen LogP) is 2.17. The van der Waals surface area contributed by atoms with E-state index in [1.807, 2.05) is 6.20 Å². The summed E-state index contributed by atoms with van der Waals surface area (Å²) in [4.78, 5) is 9.70. The van der Waals surface area contributed by atoms with Crippen LogP contribution < -0.4 is 10.2 Å². The lowest BCUT2D eigenvalue weighted by molar-refractivity contribution is 0.248. The molecule has 0 atom stereocenters. The first-order valence-corrected chi connectivity index (χ1v) is 8.31. The number of rotatable bonds is 5. The summed E-state index contributed by atoms with van der Waals surface area (Å²) in [6.07, 6.45) is 4.88. The standard InChI is InChI=1S/C17H28N4/c1-13(2)18-11-15-12-19-14(3)10-17(15)21-8-6-20(7-9-21)16-4-5-16/h10,12-13,16,18H,4-9,11H2,1-3H3. The number of piperazine rings is 1. The molecule has 1 aliphatic heterocycles. The minimum atomic E-state index is 0.505. The van der Waals surface area contributed by atoms with Crippen molar-refractivity contribution in [3.8, 4) is 0 Å². The van der Waals surface area contributed by atoms with E-state index in [2.05, 4.69) is 46.9 Å². The number of hydrogen-bond acceptors (Lipinski definition) is 4. The van der Waals surface area contributed by atoms with Gasteiger partial charge in [-0.15, -0.1) is 0 Å². The van der Waals surface area contributed by atoms with Gasteiger partial charge in [-0.2, -0.15) is 0 Å². The normalized spacial score (nSPS) is 20.3. The molecule has 116 valence electrons. The van der Waals surface area contributed by atoms with Gasteiger partial charge in [0, 0.05) is 67.9 Å². The molecule has 0 bridgehead atoms. The average Bonchev–Trinajstić information content (AvgIpc) is 3.30. The lowest BCUT2D eigenvalue weighted by Crippen LogP contribution is -2.47. The molecule has 0 radical (unpaired) electrons. The molecular weight excluding hydrogens is 260 g/mol. The number of nitrogens with one attached hydrogen (secondary N) is 1. The highest BCUT2D eigenvalue weighted by Crippen LogP contribution is 2.29. The Morgan fingerprint density at radius 2 is 1.95 bits per heavy atom. The Kier molecular flexibility index (Phi) is 4.45. The maximum Gasteiger partial charge on any atom is 0.0446 e. The summed E-state index contributed by atoms with van der Waals surface area (Å²) in [6, 6.07) is 3.66. The molecule has 0 spiro atoms. The molecule has 0 aromatic carbocycles. The molecule has 2 aliphatic rings. The van der Waals surface area contributed by atoms with E-state index in [1.165, 1.54) is 37.2 Å². The van der Waals surface area contributed by atoms with Crippen molar-refractivity contribution in [2.24, 2.45) is 0 Å². The lowest BCUT2D eigenvalue weighted by Gasteiger charge is -2.37. The molecule has 2 fully saturated rings. The van der Waals surface area contributed by atoms with Gasteiger partial charge in [-0.1, -0.05) is 13.8 Å². The summed E-state index contributed by atoms with van der Waals surface area (Å²) in [5.41, 5.74) is 3.82. The maximum atomic E-state index is 4.49. The van der Waals surface area contributed by atoms with E-state index in [4.69, 9.17) is 0 Å². The van der Waals surface area contributed by atoms with Gasteiger partial charge in [0.05, 0.1) is 0 Å². The molecule has 1 saturated heterocycles. The summed E-state index contributed by atoms with van der Waals surface area (Å²) in [5, 5.41) is 3.52. The van der Waals surface area contributed by atoms with Crippen LogP contribution in [-0.2, 0) is 6.54 Å². The Morgan fingerprint density at radius 3 is 2.57 bits per heavy atom. The van der Waals surface area contributed by atoms with Crippen molar-refractivity contribution in [2.45, 2.75) is 52.2 Å². The van der Waals surface area contributed by atoms with Crippen LogP contribution in [-0.4, -0.2) is 48.1 Å². The number of pyridine rings is 1. The van der Waals surface area contributed by atoms with E-state index in [9.17, 15) is 0 Å². The number of nitrogens with zero attached hydrogens (tertiary/aromatic N) is 3. The molecule has 4 heteroatoms. The third-order valence-electron chi connectivity index (χ3n) is 4.52. The third kappa shape index (κ3) is 3.74. The van der Waals surface area contributed by atoms with E-state index in [0.29, 0.717) is 6.04 Å². The zero-order chi connectivity index (χ0) is 14.8. The largest absolute Gasteiger partial charge is 0.369 e. The van der Waals surface area contributed by atoms with Crippen LogP contribution in [0.3, 0.4) is 0 Å². The molecular formula is C17H28N4. The van der Waals surface area contributed by atoms with Crippen LogP contribution in [0.15, 0.2) is 12.3 Å². The molecule has 1 saturated carbocycles. The van der Waals surface area contributed by atoms with Crippen LogP contribution in [0.2, 0.25) is 0 Å². The first-order chi connectivity index (χ1) is 10.1. The fourth-order valence-electron chi connectivity index (χ4n) is 3.09. The first kappa shape index (κ1) is 14.8. The van der Waals surface area contributed by atoms with Crippen LogP contribution in [0.1, 0.15) is 37.9 Å². The van der Waals surface area contributed by atoms with Crippen molar-refractivity contribution in [1.29, 1.82) is 0 Å². The smallest absolute Gasteiger partial charge is 0.0446 e. The first-order valence-electron chi connectivity index (χ1n) is 8.31. The Labute approximate surface area is 128 Å². The Morgan fingerprint density at radius 1 is 1.24 bits per heavy atom. The Bertz CT molecular complexity index is 474. The highest BCUT2D eigenvalue weighted by atomic mass is 15.3. The van der Waals surface area contributed by atoms with Crippen molar-refractivity contribution < 1.29 is 0 Å². The minimum Gasteiger partial charge on any atom is -0.369 e. The molecule has 1 N–H and O–H groups in total. The second-order valence-electron chi connectivity index (χ2n) is 6.74. The van der Waals surface area contributed by atoms with Gasteiger partial charge in [0.2, 0.25) is 0 Å². The van der Waals surface area contributed by atoms with E-state index in [0.717, 1.165) is 31.4 Å². The minimum absolute atomic E-state index is 0.505. The second-order valence-corrected chi connectivity index (χ2v) is 6.74. The molecule has 4 nitrogen and oxygen atoms in total. The van der Waals surface area contributed by atoms with Crippen molar-refractivity contribution in [3.63, 3.8) is 0 Å². The molecule has 3 rings (SSSR count). The second kappa shape index (κ2) is 6.32. The SMILES string of the molecule is Cc1cc(N2CCN(C3CC3)CC2)c(CNC(C)C)cn1. The molecule has 1 aliphatic carbocycles. The summed E-state index contributed by atoms with van der Waals surface area (Å²) in [6.45, 7) is 12.1. The van der Waals surface area contributed by atoms with Crippen molar-refractivity contribution in [1.82, 2.24) is 15.2 Å². The van der Waals surface area contributed by atoms with Crippen molar-refractivity contribution >= 4 is 5.69 Å². The van der Waals surface area contributed by atoms with Crippen LogP contribution in [0.25, 0.3) is 0 Å². The molecule has 21 heavy (non-hydrogen) atoms. The summed E-state index contributed by atoms with van der Waals surface area (Å²) < 4.78 is 0. The van der Waals surface area contributed by atoms with Crippen LogP contribution in [0.5, 0.6) is 0 Å². The molecule has 1 aromatic heterocycles.